The van der Waals surface area contributed by atoms with E-state index in [0.29, 0.717) is 28.8 Å². The summed E-state index contributed by atoms with van der Waals surface area (Å²) >= 11 is 6.36. The lowest BCUT2D eigenvalue weighted by atomic mass is 10.0. The van der Waals surface area contributed by atoms with Crippen molar-refractivity contribution >= 4 is 28.9 Å². The number of nitriles is 1. The minimum atomic E-state index is -4.76. The molecule has 0 saturated heterocycles. The number of rotatable bonds is 7. The van der Waals surface area contributed by atoms with Gasteiger partial charge in [-0.15, -0.1) is 0 Å². The van der Waals surface area contributed by atoms with Crippen molar-refractivity contribution in [1.82, 2.24) is 0 Å². The van der Waals surface area contributed by atoms with Gasteiger partial charge in [0, 0.05) is 6.07 Å². The van der Waals surface area contributed by atoms with Crippen LogP contribution in [0.4, 0.5) is 18.9 Å². The number of benzene rings is 3. The van der Waals surface area contributed by atoms with Gasteiger partial charge in [0.25, 0.3) is 0 Å². The standard InChI is InChI=1S/C24H16ClF3N2O4/c1-2-33-22-12-15(10-17(14-29)16-6-4-3-5-7-16)11-19(25)23(22)34-21-9-8-18(24(26,27)28)13-20(21)30(31)32/h3-13H,2H2,1H3/b17-10+. The zero-order valence-corrected chi connectivity index (χ0v) is 18.4. The molecule has 0 amide bonds. The minimum absolute atomic E-state index is 0.0169. The molecule has 0 radical (unpaired) electrons. The number of ether oxygens (including phenoxy) is 2. The first-order valence-electron chi connectivity index (χ1n) is 9.81. The number of nitro benzene ring substituents is 1. The van der Waals surface area contributed by atoms with E-state index in [4.69, 9.17) is 21.1 Å². The lowest BCUT2D eigenvalue weighted by molar-refractivity contribution is -0.385. The third kappa shape index (κ3) is 5.66. The predicted octanol–water partition coefficient (Wildman–Crippen LogP) is 7.52. The van der Waals surface area contributed by atoms with Gasteiger partial charge in [-0.25, -0.2) is 0 Å². The van der Waals surface area contributed by atoms with Gasteiger partial charge in [0.2, 0.25) is 5.75 Å². The molecule has 3 aromatic rings. The van der Waals surface area contributed by atoms with Crippen molar-refractivity contribution in [2.45, 2.75) is 13.1 Å². The maximum absolute atomic E-state index is 13.0. The number of hydrogen-bond acceptors (Lipinski definition) is 5. The first-order chi connectivity index (χ1) is 16.1. The molecule has 0 heterocycles. The van der Waals surface area contributed by atoms with Crippen molar-refractivity contribution < 1.29 is 27.6 Å². The topological polar surface area (TPSA) is 85.4 Å². The molecule has 174 valence electrons. The average Bonchev–Trinajstić information content (AvgIpc) is 2.79. The summed E-state index contributed by atoms with van der Waals surface area (Å²) in [6.07, 6.45) is -3.18. The maximum Gasteiger partial charge on any atom is 0.416 e. The van der Waals surface area contributed by atoms with E-state index in [2.05, 4.69) is 6.07 Å². The third-order valence-corrected chi connectivity index (χ3v) is 4.82. The van der Waals surface area contributed by atoms with Crippen LogP contribution in [0.5, 0.6) is 17.2 Å². The second-order valence-corrected chi connectivity index (χ2v) is 7.25. The smallest absolute Gasteiger partial charge is 0.416 e. The molecule has 10 heteroatoms. The van der Waals surface area contributed by atoms with Gasteiger partial charge in [-0.05, 0) is 48.4 Å². The molecule has 6 nitrogen and oxygen atoms in total. The molecule has 0 fully saturated rings. The fourth-order valence-corrected chi connectivity index (χ4v) is 3.29. The highest BCUT2D eigenvalue weighted by molar-refractivity contribution is 6.32. The summed E-state index contributed by atoms with van der Waals surface area (Å²) in [6, 6.07) is 15.9. The van der Waals surface area contributed by atoms with Crippen molar-refractivity contribution in [2.24, 2.45) is 0 Å². The molecule has 0 N–H and O–H groups in total. The summed E-state index contributed by atoms with van der Waals surface area (Å²) in [6.45, 7) is 1.87. The van der Waals surface area contributed by atoms with E-state index < -0.39 is 28.1 Å². The fraction of sp³-hybridized carbons (Fsp3) is 0.125. The van der Waals surface area contributed by atoms with Gasteiger partial charge < -0.3 is 9.47 Å². The SMILES string of the molecule is CCOc1cc(/C=C(\C#N)c2ccccc2)cc(Cl)c1Oc1ccc(C(F)(F)F)cc1[N+](=O)[O-]. The quantitative estimate of drug-likeness (QED) is 0.148. The number of nitro groups is 1. The molecule has 0 aliphatic heterocycles. The van der Waals surface area contributed by atoms with E-state index >= 15 is 0 Å². The summed E-state index contributed by atoms with van der Waals surface area (Å²) < 4.78 is 50.1. The largest absolute Gasteiger partial charge is 0.490 e. The van der Waals surface area contributed by atoms with Crippen LogP contribution in [0.1, 0.15) is 23.6 Å². The van der Waals surface area contributed by atoms with Crippen LogP contribution < -0.4 is 9.47 Å². The van der Waals surface area contributed by atoms with Crippen molar-refractivity contribution in [3.8, 4) is 23.3 Å². The zero-order valence-electron chi connectivity index (χ0n) is 17.6. The molecule has 3 rings (SSSR count). The highest BCUT2D eigenvalue weighted by atomic mass is 35.5. The van der Waals surface area contributed by atoms with Gasteiger partial charge in [-0.1, -0.05) is 41.9 Å². The summed E-state index contributed by atoms with van der Waals surface area (Å²) in [7, 11) is 0. The Morgan fingerprint density at radius 1 is 1.15 bits per heavy atom. The summed E-state index contributed by atoms with van der Waals surface area (Å²) in [5, 5.41) is 20.9. The lowest BCUT2D eigenvalue weighted by Crippen LogP contribution is -2.06. The third-order valence-electron chi connectivity index (χ3n) is 4.54. The number of allylic oxidation sites excluding steroid dienone is 1. The molecule has 0 atom stereocenters. The molecule has 0 saturated carbocycles. The van der Waals surface area contributed by atoms with Crippen molar-refractivity contribution in [2.75, 3.05) is 6.61 Å². The Morgan fingerprint density at radius 2 is 1.85 bits per heavy atom. The number of halogens is 4. The molecular formula is C24H16ClF3N2O4. The fourth-order valence-electron chi connectivity index (χ4n) is 3.03. The van der Waals surface area contributed by atoms with E-state index in [9.17, 15) is 28.5 Å². The molecule has 0 bridgehead atoms. The van der Waals surface area contributed by atoms with Gasteiger partial charge in [0.15, 0.2) is 11.5 Å². The first-order valence-corrected chi connectivity index (χ1v) is 10.2. The van der Waals surface area contributed by atoms with Crippen LogP contribution >= 0.6 is 11.6 Å². The van der Waals surface area contributed by atoms with Gasteiger partial charge in [0.05, 0.1) is 33.8 Å². The van der Waals surface area contributed by atoms with Crippen LogP contribution in [0.15, 0.2) is 60.7 Å². The molecule has 34 heavy (non-hydrogen) atoms. The highest BCUT2D eigenvalue weighted by Gasteiger charge is 2.33. The Kier molecular flexibility index (Phi) is 7.44. The monoisotopic (exact) mass is 488 g/mol. The minimum Gasteiger partial charge on any atom is -0.490 e. The molecule has 0 spiro atoms. The Hall–Kier alpha value is -4.03. The second kappa shape index (κ2) is 10.3. The van der Waals surface area contributed by atoms with Crippen LogP contribution in [0.2, 0.25) is 5.02 Å². The van der Waals surface area contributed by atoms with E-state index in [1.165, 1.54) is 12.1 Å². The first kappa shape index (κ1) is 24.6. The highest BCUT2D eigenvalue weighted by Crippen LogP contribution is 2.44. The summed E-state index contributed by atoms with van der Waals surface area (Å²) in [5.74, 6) is -0.450. The molecule has 3 aromatic carbocycles. The predicted molar refractivity (Wildman–Crippen MR) is 121 cm³/mol. The van der Waals surface area contributed by atoms with Crippen molar-refractivity contribution in [1.29, 1.82) is 5.26 Å². The average molecular weight is 489 g/mol. The van der Waals surface area contributed by atoms with Crippen LogP contribution in [0, 0.1) is 21.4 Å². The Bertz CT molecular complexity index is 1290. The van der Waals surface area contributed by atoms with Crippen molar-refractivity contribution in [3.63, 3.8) is 0 Å². The molecule has 0 aromatic heterocycles. The number of nitrogens with zero attached hydrogens (tertiary/aromatic N) is 2. The maximum atomic E-state index is 13.0. The van der Waals surface area contributed by atoms with Gasteiger partial charge >= 0.3 is 11.9 Å². The van der Waals surface area contributed by atoms with Gasteiger partial charge in [0.1, 0.15) is 0 Å². The molecule has 0 aliphatic carbocycles. The Balaban J connectivity index is 2.06. The van der Waals surface area contributed by atoms with Crippen molar-refractivity contribution in [3.05, 3.63) is 92.5 Å². The second-order valence-electron chi connectivity index (χ2n) is 6.84. The Morgan fingerprint density at radius 3 is 2.44 bits per heavy atom. The Labute approximate surface area is 197 Å². The molecule has 0 aliphatic rings. The summed E-state index contributed by atoms with van der Waals surface area (Å²) in [4.78, 5) is 10.4. The van der Waals surface area contributed by atoms with Crippen LogP contribution in [-0.4, -0.2) is 11.5 Å². The summed E-state index contributed by atoms with van der Waals surface area (Å²) in [5.41, 5.74) is -0.546. The van der Waals surface area contributed by atoms with Gasteiger partial charge in [-0.2, -0.15) is 18.4 Å². The lowest BCUT2D eigenvalue weighted by Gasteiger charge is -2.15. The van der Waals surface area contributed by atoms with Crippen LogP contribution in [0.25, 0.3) is 11.6 Å². The van der Waals surface area contributed by atoms with Crippen LogP contribution in [-0.2, 0) is 6.18 Å². The van der Waals surface area contributed by atoms with E-state index in [0.717, 1.165) is 6.07 Å². The van der Waals surface area contributed by atoms with E-state index in [-0.39, 0.29) is 23.1 Å². The van der Waals surface area contributed by atoms with Gasteiger partial charge in [-0.3, -0.25) is 10.1 Å². The van der Waals surface area contributed by atoms with E-state index in [1.54, 1.807) is 37.3 Å². The number of hydrogen-bond donors (Lipinski definition) is 0. The van der Waals surface area contributed by atoms with Crippen LogP contribution in [0.3, 0.4) is 0 Å². The normalized spacial score (nSPS) is 11.6. The molecule has 0 unspecified atom stereocenters. The zero-order chi connectivity index (χ0) is 24.9. The molecular weight excluding hydrogens is 473 g/mol. The number of alkyl halides is 3. The van der Waals surface area contributed by atoms with E-state index in [1.807, 2.05) is 6.07 Å².